The first-order valence-corrected chi connectivity index (χ1v) is 7.44. The molecule has 0 aliphatic heterocycles. The van der Waals surface area contributed by atoms with Crippen LogP contribution in [0, 0.1) is 20.8 Å². The Labute approximate surface area is 128 Å². The molecule has 0 aromatic carbocycles. The van der Waals surface area contributed by atoms with Gasteiger partial charge in [0.05, 0.1) is 15.9 Å². The molecule has 0 spiro atoms. The summed E-state index contributed by atoms with van der Waals surface area (Å²) in [7, 11) is 1.88. The molecule has 0 aliphatic carbocycles. The Balaban J connectivity index is 2.72. The maximum absolute atomic E-state index is 4.69. The summed E-state index contributed by atoms with van der Waals surface area (Å²) in [5, 5.41) is 7.71. The molecule has 20 heavy (non-hydrogen) atoms. The lowest BCUT2D eigenvalue weighted by atomic mass is 10.2. The molecule has 108 valence electrons. The van der Waals surface area contributed by atoms with Gasteiger partial charge in [0.2, 0.25) is 0 Å². The van der Waals surface area contributed by atoms with Crippen molar-refractivity contribution in [2.24, 2.45) is 0 Å². The molecule has 2 aromatic rings. The lowest BCUT2D eigenvalue weighted by Gasteiger charge is -2.14. The Hall–Kier alpha value is -1.43. The first kappa shape index (κ1) is 15.0. The summed E-state index contributed by atoms with van der Waals surface area (Å²) in [6.45, 7) is 10.2. The van der Waals surface area contributed by atoms with Crippen LogP contribution >= 0.6 is 15.9 Å². The van der Waals surface area contributed by atoms with Crippen molar-refractivity contribution in [1.29, 1.82) is 0 Å². The molecule has 0 saturated carbocycles. The molecule has 0 bridgehead atoms. The van der Waals surface area contributed by atoms with Crippen molar-refractivity contribution >= 4 is 21.7 Å². The summed E-state index contributed by atoms with van der Waals surface area (Å²) >= 11 is 3.56. The van der Waals surface area contributed by atoms with Crippen molar-refractivity contribution in [3.05, 3.63) is 27.2 Å². The highest BCUT2D eigenvalue weighted by Gasteiger charge is 2.18. The van der Waals surface area contributed by atoms with E-state index in [9.17, 15) is 0 Å². The normalized spacial score (nSPS) is 11.2. The number of hydrogen-bond donors (Lipinski definition) is 1. The standard InChI is InChI=1S/C14H20BrN5/c1-7(2)12-17-13(16-6)8(3)14(18-12)20-10(5)11(15)9(4)19-20/h7H,1-6H3,(H,16,17,18). The number of halogens is 1. The Morgan fingerprint density at radius 1 is 1.15 bits per heavy atom. The highest BCUT2D eigenvalue weighted by molar-refractivity contribution is 9.10. The quantitative estimate of drug-likeness (QED) is 0.930. The molecule has 0 amide bonds. The van der Waals surface area contributed by atoms with Gasteiger partial charge < -0.3 is 5.32 Å². The van der Waals surface area contributed by atoms with Crippen molar-refractivity contribution in [2.75, 3.05) is 12.4 Å². The zero-order chi connectivity index (χ0) is 15.0. The SMILES string of the molecule is CNc1nc(C(C)C)nc(-n2nc(C)c(Br)c2C)c1C. The zero-order valence-electron chi connectivity index (χ0n) is 12.7. The zero-order valence-corrected chi connectivity index (χ0v) is 14.3. The van der Waals surface area contributed by atoms with Crippen LogP contribution in [0.1, 0.15) is 42.5 Å². The number of hydrogen-bond acceptors (Lipinski definition) is 4. The second kappa shape index (κ2) is 5.52. The Morgan fingerprint density at radius 3 is 2.25 bits per heavy atom. The van der Waals surface area contributed by atoms with E-state index in [-0.39, 0.29) is 5.92 Å². The van der Waals surface area contributed by atoms with Crippen molar-refractivity contribution in [3.63, 3.8) is 0 Å². The van der Waals surface area contributed by atoms with Gasteiger partial charge in [0.1, 0.15) is 11.6 Å². The van der Waals surface area contributed by atoms with Crippen LogP contribution in [0.5, 0.6) is 0 Å². The van der Waals surface area contributed by atoms with Gasteiger partial charge in [0, 0.05) is 18.5 Å². The third-order valence-corrected chi connectivity index (χ3v) is 4.44. The maximum atomic E-state index is 4.69. The third kappa shape index (κ3) is 2.44. The van der Waals surface area contributed by atoms with E-state index >= 15 is 0 Å². The van der Waals surface area contributed by atoms with Gasteiger partial charge in [-0.15, -0.1) is 0 Å². The summed E-state index contributed by atoms with van der Waals surface area (Å²) in [4.78, 5) is 9.25. The topological polar surface area (TPSA) is 55.6 Å². The summed E-state index contributed by atoms with van der Waals surface area (Å²) in [6.07, 6.45) is 0. The molecule has 0 fully saturated rings. The average molecular weight is 338 g/mol. The van der Waals surface area contributed by atoms with E-state index in [0.29, 0.717) is 0 Å². The molecule has 2 heterocycles. The number of aromatic nitrogens is 4. The highest BCUT2D eigenvalue weighted by atomic mass is 79.9. The number of anilines is 1. The fourth-order valence-corrected chi connectivity index (χ4v) is 2.31. The van der Waals surface area contributed by atoms with Gasteiger partial charge in [-0.05, 0) is 36.7 Å². The average Bonchev–Trinajstić information content (AvgIpc) is 2.66. The van der Waals surface area contributed by atoms with E-state index < -0.39 is 0 Å². The number of aryl methyl sites for hydroxylation is 1. The van der Waals surface area contributed by atoms with Crippen molar-refractivity contribution in [1.82, 2.24) is 19.7 Å². The number of nitrogens with one attached hydrogen (secondary N) is 1. The predicted octanol–water partition coefficient (Wildman–Crippen LogP) is 3.52. The maximum Gasteiger partial charge on any atom is 0.162 e. The molecule has 0 radical (unpaired) electrons. The van der Waals surface area contributed by atoms with Crippen LogP contribution in [-0.2, 0) is 0 Å². The van der Waals surface area contributed by atoms with Crippen LogP contribution in [0.15, 0.2) is 4.47 Å². The van der Waals surface area contributed by atoms with Gasteiger partial charge in [0.15, 0.2) is 5.82 Å². The van der Waals surface area contributed by atoms with Gasteiger partial charge in [0.25, 0.3) is 0 Å². The summed E-state index contributed by atoms with van der Waals surface area (Å²) in [5.41, 5.74) is 2.99. The minimum atomic E-state index is 0.266. The molecule has 5 nitrogen and oxygen atoms in total. The lowest BCUT2D eigenvalue weighted by Crippen LogP contribution is -2.12. The largest absolute Gasteiger partial charge is 0.373 e. The van der Waals surface area contributed by atoms with Gasteiger partial charge in [-0.2, -0.15) is 5.10 Å². The van der Waals surface area contributed by atoms with Gasteiger partial charge >= 0.3 is 0 Å². The Morgan fingerprint density at radius 2 is 1.80 bits per heavy atom. The monoisotopic (exact) mass is 337 g/mol. The smallest absolute Gasteiger partial charge is 0.162 e. The first-order valence-electron chi connectivity index (χ1n) is 6.65. The molecule has 0 aliphatic rings. The second-order valence-electron chi connectivity index (χ2n) is 5.18. The first-order chi connectivity index (χ1) is 9.36. The molecule has 1 N–H and O–H groups in total. The van der Waals surface area contributed by atoms with Gasteiger partial charge in [-0.25, -0.2) is 14.6 Å². The molecule has 6 heteroatoms. The molecule has 0 saturated heterocycles. The summed E-state index contributed by atoms with van der Waals surface area (Å²) in [5.74, 6) is 2.77. The Bertz CT molecular complexity index is 645. The van der Waals surface area contributed by atoms with Crippen molar-refractivity contribution < 1.29 is 0 Å². The van der Waals surface area contributed by atoms with Gasteiger partial charge in [-0.3, -0.25) is 0 Å². The van der Waals surface area contributed by atoms with Crippen molar-refractivity contribution in [2.45, 2.75) is 40.5 Å². The van der Waals surface area contributed by atoms with Crippen LogP contribution in [0.4, 0.5) is 5.82 Å². The van der Waals surface area contributed by atoms with E-state index in [1.54, 1.807) is 0 Å². The number of rotatable bonds is 3. The molecule has 2 rings (SSSR count). The Kier molecular flexibility index (Phi) is 4.13. The van der Waals surface area contributed by atoms with E-state index in [0.717, 1.165) is 38.9 Å². The van der Waals surface area contributed by atoms with Crippen LogP contribution in [0.2, 0.25) is 0 Å². The molecular formula is C14H20BrN5. The molecule has 0 unspecified atom stereocenters. The van der Waals surface area contributed by atoms with E-state index in [4.69, 9.17) is 4.98 Å². The third-order valence-electron chi connectivity index (χ3n) is 3.29. The predicted molar refractivity (Wildman–Crippen MR) is 84.7 cm³/mol. The van der Waals surface area contributed by atoms with Gasteiger partial charge in [-0.1, -0.05) is 13.8 Å². The second-order valence-corrected chi connectivity index (χ2v) is 5.97. The molecule has 2 aromatic heterocycles. The number of nitrogens with zero attached hydrogens (tertiary/aromatic N) is 4. The van der Waals surface area contributed by atoms with E-state index in [1.807, 2.05) is 32.5 Å². The minimum Gasteiger partial charge on any atom is -0.373 e. The van der Waals surface area contributed by atoms with Crippen LogP contribution < -0.4 is 5.32 Å². The van der Waals surface area contributed by atoms with Crippen molar-refractivity contribution in [3.8, 4) is 5.82 Å². The van der Waals surface area contributed by atoms with E-state index in [2.05, 4.69) is 45.2 Å². The molecule has 0 atom stereocenters. The fraction of sp³-hybridized carbons (Fsp3) is 0.500. The van der Waals surface area contributed by atoms with E-state index in [1.165, 1.54) is 0 Å². The van der Waals surface area contributed by atoms with Crippen LogP contribution in [0.3, 0.4) is 0 Å². The van der Waals surface area contributed by atoms with Crippen LogP contribution in [-0.4, -0.2) is 26.8 Å². The highest BCUT2D eigenvalue weighted by Crippen LogP contribution is 2.26. The summed E-state index contributed by atoms with van der Waals surface area (Å²) in [6, 6.07) is 0. The summed E-state index contributed by atoms with van der Waals surface area (Å²) < 4.78 is 2.90. The fourth-order valence-electron chi connectivity index (χ4n) is 2.06. The minimum absolute atomic E-state index is 0.266. The van der Waals surface area contributed by atoms with Crippen LogP contribution in [0.25, 0.3) is 5.82 Å². The molecular weight excluding hydrogens is 318 g/mol. The lowest BCUT2D eigenvalue weighted by molar-refractivity contribution is 0.731.